The van der Waals surface area contributed by atoms with Crippen molar-refractivity contribution in [2.75, 3.05) is 6.54 Å². The van der Waals surface area contributed by atoms with Crippen LogP contribution >= 0.6 is 24.0 Å². The first-order valence-corrected chi connectivity index (χ1v) is 11.6. The fraction of sp³-hybridized carbons (Fsp3) is 0.250. The van der Waals surface area contributed by atoms with E-state index in [1.165, 1.54) is 16.2 Å². The lowest BCUT2D eigenvalue weighted by Gasteiger charge is -2.13. The summed E-state index contributed by atoms with van der Waals surface area (Å²) in [5.41, 5.74) is 2.40. The molecule has 0 unspecified atom stereocenters. The number of pyridine rings is 1. The zero-order valence-corrected chi connectivity index (χ0v) is 19.8. The third kappa shape index (κ3) is 4.33. The van der Waals surface area contributed by atoms with Gasteiger partial charge in [0.1, 0.15) is 21.3 Å². The predicted molar refractivity (Wildman–Crippen MR) is 132 cm³/mol. The molecule has 32 heavy (non-hydrogen) atoms. The van der Waals surface area contributed by atoms with Gasteiger partial charge in [-0.3, -0.25) is 18.9 Å². The molecule has 0 radical (unpaired) electrons. The van der Waals surface area contributed by atoms with Crippen molar-refractivity contribution < 1.29 is 9.53 Å². The van der Waals surface area contributed by atoms with Crippen LogP contribution in [0.1, 0.15) is 36.5 Å². The number of nitrogens with zero attached hydrogens (tertiary/aromatic N) is 3. The minimum absolute atomic E-state index is 0.159. The van der Waals surface area contributed by atoms with Crippen LogP contribution in [-0.2, 0) is 4.79 Å². The van der Waals surface area contributed by atoms with Gasteiger partial charge in [0.15, 0.2) is 0 Å². The molecule has 8 heteroatoms. The number of rotatable bonds is 6. The van der Waals surface area contributed by atoms with E-state index in [0.29, 0.717) is 27.2 Å². The number of unbranched alkanes of at least 4 members (excludes halogenated alkanes) is 1. The van der Waals surface area contributed by atoms with Crippen molar-refractivity contribution in [2.24, 2.45) is 0 Å². The highest BCUT2D eigenvalue weighted by atomic mass is 32.2. The van der Waals surface area contributed by atoms with Gasteiger partial charge < -0.3 is 4.74 Å². The number of aromatic nitrogens is 2. The minimum atomic E-state index is -0.311. The Morgan fingerprint density at radius 2 is 2.00 bits per heavy atom. The van der Waals surface area contributed by atoms with Crippen LogP contribution in [0.15, 0.2) is 52.3 Å². The number of carbonyl (C=O) groups excluding carboxylic acids is 1. The predicted octanol–water partition coefficient (Wildman–Crippen LogP) is 5.10. The number of carbonyl (C=O) groups is 1. The number of amides is 1. The Balaban J connectivity index is 1.82. The summed E-state index contributed by atoms with van der Waals surface area (Å²) in [6.07, 6.45) is 5.02. The molecule has 0 spiro atoms. The molecule has 0 bridgehead atoms. The average molecular weight is 466 g/mol. The van der Waals surface area contributed by atoms with Gasteiger partial charge in [-0.25, -0.2) is 0 Å². The molecule has 1 saturated heterocycles. The fourth-order valence-electron chi connectivity index (χ4n) is 3.44. The molecule has 0 atom stereocenters. The summed E-state index contributed by atoms with van der Waals surface area (Å²) in [6, 6.07) is 11.1. The number of hydrogen-bond donors (Lipinski definition) is 0. The van der Waals surface area contributed by atoms with Gasteiger partial charge in [0.05, 0.1) is 4.91 Å². The number of fused-ring (bicyclic) bond motifs is 1. The maximum absolute atomic E-state index is 13.3. The van der Waals surface area contributed by atoms with Gasteiger partial charge in [-0.2, -0.15) is 4.98 Å². The largest absolute Gasteiger partial charge is 0.438 e. The molecule has 0 aliphatic carbocycles. The second-order valence-corrected chi connectivity index (χ2v) is 9.30. The van der Waals surface area contributed by atoms with E-state index < -0.39 is 0 Å². The third-order valence-electron chi connectivity index (χ3n) is 5.16. The minimum Gasteiger partial charge on any atom is -0.438 e. The normalized spacial score (nSPS) is 15.2. The molecule has 1 aliphatic heterocycles. The zero-order valence-electron chi connectivity index (χ0n) is 18.1. The Morgan fingerprint density at radius 3 is 2.75 bits per heavy atom. The zero-order chi connectivity index (χ0) is 22.8. The molecule has 2 aromatic heterocycles. The van der Waals surface area contributed by atoms with Crippen molar-refractivity contribution in [3.05, 3.63) is 74.5 Å². The number of ether oxygens (including phenoxy) is 1. The van der Waals surface area contributed by atoms with Crippen LogP contribution in [0.4, 0.5) is 0 Å². The SMILES string of the molecule is CCCCN1C(=O)/C(=C\c2c(Oc3ccc(C)cc3C)nc3ccccn3c2=O)SC1=S. The summed E-state index contributed by atoms with van der Waals surface area (Å²) in [7, 11) is 0. The Hall–Kier alpha value is -2.97. The van der Waals surface area contributed by atoms with Crippen LogP contribution in [0.5, 0.6) is 11.6 Å². The Bertz CT molecular complexity index is 1310. The first-order chi connectivity index (χ1) is 15.4. The van der Waals surface area contributed by atoms with E-state index >= 15 is 0 Å². The van der Waals surface area contributed by atoms with Crippen molar-refractivity contribution in [2.45, 2.75) is 33.6 Å². The Morgan fingerprint density at radius 1 is 1.19 bits per heavy atom. The van der Waals surface area contributed by atoms with Crippen LogP contribution in [0, 0.1) is 13.8 Å². The van der Waals surface area contributed by atoms with E-state index in [1.54, 1.807) is 35.4 Å². The van der Waals surface area contributed by atoms with Gasteiger partial charge >= 0.3 is 0 Å². The first-order valence-electron chi connectivity index (χ1n) is 10.4. The van der Waals surface area contributed by atoms with Gasteiger partial charge in [-0.05, 0) is 50.1 Å². The van der Waals surface area contributed by atoms with Crippen LogP contribution in [-0.4, -0.2) is 31.1 Å². The molecule has 1 aromatic carbocycles. The summed E-state index contributed by atoms with van der Waals surface area (Å²) < 4.78 is 8.06. The van der Waals surface area contributed by atoms with Crippen molar-refractivity contribution in [3.8, 4) is 11.6 Å². The number of benzene rings is 1. The van der Waals surface area contributed by atoms with Gasteiger partial charge in [0.2, 0.25) is 5.88 Å². The first kappa shape index (κ1) is 22.2. The van der Waals surface area contributed by atoms with E-state index in [1.807, 2.05) is 32.0 Å². The van der Waals surface area contributed by atoms with Gasteiger partial charge in [0.25, 0.3) is 11.5 Å². The molecule has 3 heterocycles. The summed E-state index contributed by atoms with van der Waals surface area (Å²) >= 11 is 6.60. The summed E-state index contributed by atoms with van der Waals surface area (Å²) in [5.74, 6) is 0.573. The molecule has 1 amide bonds. The fourth-order valence-corrected chi connectivity index (χ4v) is 4.73. The standard InChI is InChI=1S/C24H23N3O3S2/c1-4-5-11-27-23(29)19(32-24(27)31)14-17-21(30-18-10-9-15(2)13-16(18)3)25-20-8-6-7-12-26(20)22(17)28/h6-10,12-14H,4-5,11H2,1-3H3/b19-14+. The van der Waals surface area contributed by atoms with Crippen molar-refractivity contribution in [3.63, 3.8) is 0 Å². The van der Waals surface area contributed by atoms with Gasteiger partial charge in [0, 0.05) is 12.7 Å². The van der Waals surface area contributed by atoms with E-state index in [0.717, 1.165) is 24.0 Å². The lowest BCUT2D eigenvalue weighted by Crippen LogP contribution is -2.29. The quantitative estimate of drug-likeness (QED) is 0.373. The smallest absolute Gasteiger partial charge is 0.269 e. The second kappa shape index (κ2) is 9.26. The number of thiocarbonyl (C=S) groups is 1. The van der Waals surface area contributed by atoms with Crippen molar-refractivity contribution in [1.29, 1.82) is 0 Å². The van der Waals surface area contributed by atoms with Crippen LogP contribution in [0.2, 0.25) is 0 Å². The Kier molecular flexibility index (Phi) is 6.43. The maximum Gasteiger partial charge on any atom is 0.269 e. The highest BCUT2D eigenvalue weighted by Gasteiger charge is 2.32. The molecule has 6 nitrogen and oxygen atoms in total. The Labute approximate surface area is 195 Å². The third-order valence-corrected chi connectivity index (χ3v) is 6.53. The summed E-state index contributed by atoms with van der Waals surface area (Å²) in [5, 5.41) is 0. The molecule has 164 valence electrons. The average Bonchev–Trinajstić information content (AvgIpc) is 3.03. The van der Waals surface area contributed by atoms with Crippen LogP contribution in [0.3, 0.4) is 0 Å². The van der Waals surface area contributed by atoms with E-state index in [2.05, 4.69) is 11.9 Å². The highest BCUT2D eigenvalue weighted by molar-refractivity contribution is 8.26. The summed E-state index contributed by atoms with van der Waals surface area (Å²) in [6.45, 7) is 6.57. The molecule has 3 aromatic rings. The molecule has 4 rings (SSSR count). The van der Waals surface area contributed by atoms with E-state index in [9.17, 15) is 9.59 Å². The van der Waals surface area contributed by atoms with Gasteiger partial charge in [-0.15, -0.1) is 0 Å². The lowest BCUT2D eigenvalue weighted by atomic mass is 10.1. The van der Waals surface area contributed by atoms with Crippen LogP contribution in [0.25, 0.3) is 11.7 Å². The lowest BCUT2D eigenvalue weighted by molar-refractivity contribution is -0.122. The van der Waals surface area contributed by atoms with Crippen LogP contribution < -0.4 is 10.3 Å². The van der Waals surface area contributed by atoms with E-state index in [4.69, 9.17) is 17.0 Å². The van der Waals surface area contributed by atoms with Crippen molar-refractivity contribution >= 4 is 45.9 Å². The second-order valence-electron chi connectivity index (χ2n) is 7.62. The molecule has 1 aliphatic rings. The van der Waals surface area contributed by atoms with Crippen molar-refractivity contribution in [1.82, 2.24) is 14.3 Å². The number of hydrogen-bond acceptors (Lipinski definition) is 6. The molecular formula is C24H23N3O3S2. The monoisotopic (exact) mass is 465 g/mol. The summed E-state index contributed by atoms with van der Waals surface area (Å²) in [4.78, 5) is 32.8. The maximum atomic E-state index is 13.3. The molecule has 1 fully saturated rings. The number of thioether (sulfide) groups is 1. The number of aryl methyl sites for hydroxylation is 2. The topological polar surface area (TPSA) is 63.9 Å². The van der Waals surface area contributed by atoms with E-state index in [-0.39, 0.29) is 22.9 Å². The molecule has 0 saturated carbocycles. The molecule has 0 N–H and O–H groups in total. The highest BCUT2D eigenvalue weighted by Crippen LogP contribution is 2.34. The van der Waals surface area contributed by atoms with Gasteiger partial charge in [-0.1, -0.05) is 61.1 Å². The molecular weight excluding hydrogens is 442 g/mol.